The molecular weight excluding hydrogens is 364 g/mol. The second kappa shape index (κ2) is 6.92. The lowest BCUT2D eigenvalue weighted by Gasteiger charge is -2.25. The van der Waals surface area contributed by atoms with E-state index in [0.717, 1.165) is 11.0 Å². The minimum Gasteiger partial charge on any atom is -0.329 e. The lowest BCUT2D eigenvalue weighted by atomic mass is 9.95. The second-order valence-electron chi connectivity index (χ2n) is 6.35. The van der Waals surface area contributed by atoms with E-state index in [-0.39, 0.29) is 11.5 Å². The Morgan fingerprint density at radius 1 is 1.33 bits per heavy atom. The van der Waals surface area contributed by atoms with Crippen LogP contribution in [0.2, 0.25) is 0 Å². The molecule has 0 aliphatic carbocycles. The van der Waals surface area contributed by atoms with Crippen molar-refractivity contribution in [3.05, 3.63) is 42.7 Å². The van der Waals surface area contributed by atoms with Gasteiger partial charge >= 0.3 is 0 Å². The molecule has 2 aromatic heterocycles. The van der Waals surface area contributed by atoms with E-state index in [4.69, 9.17) is 5.73 Å². The summed E-state index contributed by atoms with van der Waals surface area (Å²) in [6.45, 7) is 8.35. The van der Waals surface area contributed by atoms with E-state index in [1.165, 1.54) is 14.6 Å². The molecule has 2 aromatic rings. The molecule has 2 rings (SSSR count). The van der Waals surface area contributed by atoms with Crippen molar-refractivity contribution in [2.75, 3.05) is 13.6 Å². The molecule has 0 aliphatic heterocycles. The van der Waals surface area contributed by atoms with Crippen LogP contribution in [0.15, 0.2) is 28.1 Å². The van der Waals surface area contributed by atoms with Gasteiger partial charge in [-0.15, -0.1) is 22.7 Å². The summed E-state index contributed by atoms with van der Waals surface area (Å²) >= 11 is 7.19. The number of hydrogen-bond donors (Lipinski definition) is 1. The lowest BCUT2D eigenvalue weighted by Crippen LogP contribution is -2.29. The molecule has 0 saturated carbocycles. The summed E-state index contributed by atoms with van der Waals surface area (Å²) in [6.07, 6.45) is 0. The molecule has 2 heterocycles. The Kier molecular flexibility index (Phi) is 5.65. The molecule has 0 saturated heterocycles. The Morgan fingerprint density at radius 2 is 2.05 bits per heavy atom. The van der Waals surface area contributed by atoms with Gasteiger partial charge in [-0.3, -0.25) is 4.90 Å². The highest BCUT2D eigenvalue weighted by molar-refractivity contribution is 9.10. The average molecular weight is 387 g/mol. The first-order valence-corrected chi connectivity index (χ1v) is 9.53. The summed E-state index contributed by atoms with van der Waals surface area (Å²) in [4.78, 5) is 6.48. The number of rotatable bonds is 5. The molecule has 5 heteroatoms. The van der Waals surface area contributed by atoms with E-state index in [1.54, 1.807) is 11.3 Å². The standard InChI is InChI=1S/C16H23BrN2S2/c1-16(2,3)15-6-5-14(21-15)13(8-18)19(4)9-12-7-11(17)10-20-12/h5-7,10,13H,8-9,18H2,1-4H3. The zero-order valence-electron chi connectivity index (χ0n) is 13.0. The predicted octanol–water partition coefficient (Wildman–Crippen LogP) is 5.00. The van der Waals surface area contributed by atoms with Gasteiger partial charge < -0.3 is 5.73 Å². The van der Waals surface area contributed by atoms with Crippen molar-refractivity contribution in [3.63, 3.8) is 0 Å². The van der Waals surface area contributed by atoms with Gasteiger partial charge in [-0.25, -0.2) is 0 Å². The first kappa shape index (κ1) is 17.2. The Labute approximate surface area is 144 Å². The fourth-order valence-corrected chi connectivity index (χ4v) is 5.00. The summed E-state index contributed by atoms with van der Waals surface area (Å²) in [5.74, 6) is 0. The largest absolute Gasteiger partial charge is 0.329 e. The smallest absolute Gasteiger partial charge is 0.0565 e. The molecule has 0 amide bonds. The molecule has 0 aromatic carbocycles. The fraction of sp³-hybridized carbons (Fsp3) is 0.500. The monoisotopic (exact) mass is 386 g/mol. The van der Waals surface area contributed by atoms with Gasteiger partial charge in [-0.1, -0.05) is 20.8 Å². The van der Waals surface area contributed by atoms with E-state index in [2.05, 4.69) is 72.2 Å². The second-order valence-corrected chi connectivity index (χ2v) is 9.38. The topological polar surface area (TPSA) is 29.3 Å². The van der Waals surface area contributed by atoms with E-state index >= 15 is 0 Å². The Bertz CT molecular complexity index is 583. The zero-order chi connectivity index (χ0) is 15.6. The SMILES string of the molecule is CN(Cc1cc(Br)cs1)C(CN)c1ccc(C(C)(C)C)s1. The number of likely N-dealkylation sites (N-methyl/N-ethyl adjacent to an activating group) is 1. The highest BCUT2D eigenvalue weighted by Gasteiger charge is 2.22. The Morgan fingerprint density at radius 3 is 2.52 bits per heavy atom. The van der Waals surface area contributed by atoms with Crippen LogP contribution in [0.5, 0.6) is 0 Å². The van der Waals surface area contributed by atoms with Gasteiger partial charge in [-0.2, -0.15) is 0 Å². The minimum absolute atomic E-state index is 0.208. The molecular formula is C16H23BrN2S2. The summed E-state index contributed by atoms with van der Waals surface area (Å²) in [7, 11) is 2.15. The van der Waals surface area contributed by atoms with Crippen LogP contribution in [-0.2, 0) is 12.0 Å². The molecule has 0 radical (unpaired) electrons. The molecule has 2 N–H and O–H groups in total. The van der Waals surface area contributed by atoms with Gasteiger partial charge in [0, 0.05) is 37.6 Å². The summed E-state index contributed by atoms with van der Waals surface area (Å²) < 4.78 is 1.16. The molecule has 1 atom stereocenters. The number of nitrogens with zero attached hydrogens (tertiary/aromatic N) is 1. The van der Waals surface area contributed by atoms with Crippen molar-refractivity contribution >= 4 is 38.6 Å². The molecule has 1 unspecified atom stereocenters. The van der Waals surface area contributed by atoms with Crippen LogP contribution in [0.3, 0.4) is 0 Å². The third-order valence-electron chi connectivity index (χ3n) is 3.48. The quantitative estimate of drug-likeness (QED) is 0.782. The first-order chi connectivity index (χ1) is 9.81. The molecule has 2 nitrogen and oxygen atoms in total. The third-order valence-corrected chi connectivity index (χ3v) is 6.77. The van der Waals surface area contributed by atoms with Gasteiger partial charge in [0.15, 0.2) is 0 Å². The number of nitrogens with two attached hydrogens (primary N) is 1. The van der Waals surface area contributed by atoms with E-state index in [9.17, 15) is 0 Å². The van der Waals surface area contributed by atoms with Crippen LogP contribution in [0, 0.1) is 0 Å². The van der Waals surface area contributed by atoms with Crippen molar-refractivity contribution < 1.29 is 0 Å². The van der Waals surface area contributed by atoms with E-state index in [1.807, 2.05) is 11.3 Å². The van der Waals surface area contributed by atoms with Crippen molar-refractivity contribution in [2.24, 2.45) is 5.73 Å². The number of hydrogen-bond acceptors (Lipinski definition) is 4. The highest BCUT2D eigenvalue weighted by Crippen LogP contribution is 2.34. The van der Waals surface area contributed by atoms with E-state index < -0.39 is 0 Å². The van der Waals surface area contributed by atoms with Gasteiger partial charge in [0.1, 0.15) is 0 Å². The molecule has 0 fully saturated rings. The molecule has 0 aliphatic rings. The average Bonchev–Trinajstić information content (AvgIpc) is 2.99. The van der Waals surface area contributed by atoms with Crippen LogP contribution >= 0.6 is 38.6 Å². The van der Waals surface area contributed by atoms with Gasteiger partial charge in [0.05, 0.1) is 6.04 Å². The van der Waals surface area contributed by atoms with E-state index in [0.29, 0.717) is 6.54 Å². The third kappa shape index (κ3) is 4.39. The Hall–Kier alpha value is -0.200. The molecule has 0 bridgehead atoms. The van der Waals surface area contributed by atoms with Gasteiger partial charge in [0.2, 0.25) is 0 Å². The molecule has 116 valence electrons. The Balaban J connectivity index is 2.13. The lowest BCUT2D eigenvalue weighted by molar-refractivity contribution is 0.247. The maximum absolute atomic E-state index is 6.04. The zero-order valence-corrected chi connectivity index (χ0v) is 16.2. The molecule has 21 heavy (non-hydrogen) atoms. The van der Waals surface area contributed by atoms with Crippen molar-refractivity contribution in [3.8, 4) is 0 Å². The maximum Gasteiger partial charge on any atom is 0.0565 e. The number of halogens is 1. The predicted molar refractivity (Wildman–Crippen MR) is 98.3 cm³/mol. The van der Waals surface area contributed by atoms with Crippen molar-refractivity contribution in [1.29, 1.82) is 0 Å². The van der Waals surface area contributed by atoms with Crippen LogP contribution in [0.25, 0.3) is 0 Å². The summed E-state index contributed by atoms with van der Waals surface area (Å²) in [6, 6.07) is 6.96. The summed E-state index contributed by atoms with van der Waals surface area (Å²) in [5.41, 5.74) is 6.25. The number of thiophene rings is 2. The first-order valence-electron chi connectivity index (χ1n) is 7.04. The van der Waals surface area contributed by atoms with Crippen LogP contribution in [0.1, 0.15) is 41.4 Å². The fourth-order valence-electron chi connectivity index (χ4n) is 2.24. The van der Waals surface area contributed by atoms with Gasteiger partial charge in [-0.05, 0) is 46.6 Å². The van der Waals surface area contributed by atoms with Crippen LogP contribution in [-0.4, -0.2) is 18.5 Å². The van der Waals surface area contributed by atoms with Crippen molar-refractivity contribution in [2.45, 2.75) is 38.8 Å². The summed E-state index contributed by atoms with van der Waals surface area (Å²) in [5, 5.41) is 2.13. The maximum atomic E-state index is 6.04. The molecule has 0 spiro atoms. The minimum atomic E-state index is 0.208. The van der Waals surface area contributed by atoms with Crippen molar-refractivity contribution in [1.82, 2.24) is 4.90 Å². The van der Waals surface area contributed by atoms with Crippen LogP contribution in [0.4, 0.5) is 0 Å². The highest BCUT2D eigenvalue weighted by atomic mass is 79.9. The normalized spacial score (nSPS) is 13.9. The van der Waals surface area contributed by atoms with Crippen LogP contribution < -0.4 is 5.73 Å². The van der Waals surface area contributed by atoms with Gasteiger partial charge in [0.25, 0.3) is 0 Å².